The van der Waals surface area contributed by atoms with Gasteiger partial charge in [0, 0.05) is 18.5 Å². The van der Waals surface area contributed by atoms with Crippen molar-refractivity contribution in [1.82, 2.24) is 4.90 Å². The molecule has 0 radical (unpaired) electrons. The van der Waals surface area contributed by atoms with Crippen molar-refractivity contribution in [3.05, 3.63) is 34.6 Å². The average Bonchev–Trinajstić information content (AvgIpc) is 2.74. The molecule has 0 saturated carbocycles. The lowest BCUT2D eigenvalue weighted by molar-refractivity contribution is -0.141. The molecule has 2 unspecified atom stereocenters. The summed E-state index contributed by atoms with van der Waals surface area (Å²) in [5.74, 6) is -2.43. The van der Waals surface area contributed by atoms with Gasteiger partial charge in [-0.15, -0.1) is 0 Å². The summed E-state index contributed by atoms with van der Waals surface area (Å²) in [6, 6.07) is 2.33. The van der Waals surface area contributed by atoms with Crippen LogP contribution in [0, 0.1) is 5.82 Å². The second kappa shape index (κ2) is 5.14. The van der Waals surface area contributed by atoms with Crippen LogP contribution in [0.3, 0.4) is 0 Å². The van der Waals surface area contributed by atoms with Gasteiger partial charge in [-0.3, -0.25) is 4.79 Å². The number of rotatable bonds is 2. The number of carbonyl (C=O) groups is 2. The summed E-state index contributed by atoms with van der Waals surface area (Å²) in [6.45, 7) is -0.0647. The highest BCUT2D eigenvalue weighted by Gasteiger charge is 2.39. The van der Waals surface area contributed by atoms with Gasteiger partial charge in [0.15, 0.2) is 0 Å². The number of halogens is 2. The number of likely N-dealkylation sites (tertiary alicyclic amines) is 1. The molecule has 1 saturated heterocycles. The molecule has 0 spiro atoms. The molecule has 1 amide bonds. The first-order valence-electron chi connectivity index (χ1n) is 5.57. The van der Waals surface area contributed by atoms with E-state index in [0.717, 1.165) is 17.0 Å². The van der Waals surface area contributed by atoms with Crippen LogP contribution in [-0.4, -0.2) is 45.7 Å². The number of aliphatic hydroxyl groups is 1. The maximum atomic E-state index is 13.0. The highest BCUT2D eigenvalue weighted by atomic mass is 35.5. The SMILES string of the molecule is O=C(O)C1CC(O)CN1C(=O)c1ccc(F)c(Cl)c1. The van der Waals surface area contributed by atoms with Crippen LogP contribution < -0.4 is 0 Å². The van der Waals surface area contributed by atoms with E-state index in [2.05, 4.69) is 0 Å². The third-order valence-electron chi connectivity index (χ3n) is 2.99. The summed E-state index contributed by atoms with van der Waals surface area (Å²) in [6.07, 6.45) is -0.892. The monoisotopic (exact) mass is 287 g/mol. The molecule has 1 heterocycles. The molecule has 1 aromatic carbocycles. The molecule has 1 aliphatic rings. The zero-order chi connectivity index (χ0) is 14.2. The van der Waals surface area contributed by atoms with Gasteiger partial charge in [-0.05, 0) is 18.2 Å². The number of nitrogens with zero attached hydrogens (tertiary/aromatic N) is 1. The number of aliphatic carboxylic acids is 1. The first-order valence-corrected chi connectivity index (χ1v) is 5.95. The van der Waals surface area contributed by atoms with Crippen molar-refractivity contribution in [3.63, 3.8) is 0 Å². The van der Waals surface area contributed by atoms with Gasteiger partial charge < -0.3 is 15.1 Å². The van der Waals surface area contributed by atoms with Crippen LogP contribution >= 0.6 is 11.6 Å². The van der Waals surface area contributed by atoms with Crippen molar-refractivity contribution in [2.45, 2.75) is 18.6 Å². The van der Waals surface area contributed by atoms with Crippen molar-refractivity contribution in [3.8, 4) is 0 Å². The number of hydrogen-bond acceptors (Lipinski definition) is 3. The van der Waals surface area contributed by atoms with E-state index in [0.29, 0.717) is 0 Å². The third kappa shape index (κ3) is 2.69. The summed E-state index contributed by atoms with van der Waals surface area (Å²) >= 11 is 5.58. The minimum atomic E-state index is -1.18. The van der Waals surface area contributed by atoms with Crippen molar-refractivity contribution in [1.29, 1.82) is 0 Å². The van der Waals surface area contributed by atoms with Gasteiger partial charge in [0.05, 0.1) is 11.1 Å². The van der Waals surface area contributed by atoms with Crippen molar-refractivity contribution in [2.24, 2.45) is 0 Å². The molecule has 7 heteroatoms. The summed E-state index contributed by atoms with van der Waals surface area (Å²) < 4.78 is 13.0. The molecule has 1 aromatic rings. The van der Waals surface area contributed by atoms with Gasteiger partial charge in [-0.1, -0.05) is 11.6 Å². The average molecular weight is 288 g/mol. The fourth-order valence-corrected chi connectivity index (χ4v) is 2.25. The van der Waals surface area contributed by atoms with Gasteiger partial charge in [-0.2, -0.15) is 0 Å². The van der Waals surface area contributed by atoms with Crippen LogP contribution in [0.2, 0.25) is 5.02 Å². The van der Waals surface area contributed by atoms with Gasteiger partial charge >= 0.3 is 5.97 Å². The molecule has 5 nitrogen and oxygen atoms in total. The lowest BCUT2D eigenvalue weighted by atomic mass is 10.1. The quantitative estimate of drug-likeness (QED) is 0.855. The van der Waals surface area contributed by atoms with Gasteiger partial charge in [0.2, 0.25) is 0 Å². The smallest absolute Gasteiger partial charge is 0.326 e. The summed E-state index contributed by atoms with van der Waals surface area (Å²) in [5, 5.41) is 18.3. The Bertz CT molecular complexity index is 536. The van der Waals surface area contributed by atoms with E-state index in [1.165, 1.54) is 6.07 Å². The van der Waals surface area contributed by atoms with Crippen molar-refractivity contribution < 1.29 is 24.2 Å². The first kappa shape index (κ1) is 13.8. The van der Waals surface area contributed by atoms with Gasteiger partial charge in [0.1, 0.15) is 11.9 Å². The molecule has 0 bridgehead atoms. The summed E-state index contributed by atoms with van der Waals surface area (Å²) in [5.41, 5.74) is 0.0896. The summed E-state index contributed by atoms with van der Waals surface area (Å²) in [7, 11) is 0. The molecule has 1 fully saturated rings. The molecule has 102 valence electrons. The Hall–Kier alpha value is -1.66. The highest BCUT2D eigenvalue weighted by Crippen LogP contribution is 2.23. The molecule has 19 heavy (non-hydrogen) atoms. The Kier molecular flexibility index (Phi) is 3.73. The van der Waals surface area contributed by atoms with E-state index in [1.54, 1.807) is 0 Å². The van der Waals surface area contributed by atoms with E-state index in [-0.39, 0.29) is 23.6 Å². The molecule has 1 aliphatic heterocycles. The standard InChI is InChI=1S/C12H11ClFNO4/c13-8-3-6(1-2-9(8)14)11(17)15-5-7(16)4-10(15)12(18)19/h1-3,7,10,16H,4-5H2,(H,18,19). The Labute approximate surface area is 113 Å². The number of β-amino-alcohol motifs (C(OH)–C–C–N with tert-alkyl or cyclic N) is 1. The zero-order valence-corrected chi connectivity index (χ0v) is 10.5. The van der Waals surface area contributed by atoms with E-state index < -0.39 is 29.8 Å². The second-order valence-corrected chi connectivity index (χ2v) is 4.74. The Balaban J connectivity index is 2.27. The maximum absolute atomic E-state index is 13.0. The first-order chi connectivity index (χ1) is 8.90. The zero-order valence-electron chi connectivity index (χ0n) is 9.72. The predicted octanol–water partition coefficient (Wildman–Crippen LogP) is 1.14. The van der Waals surface area contributed by atoms with E-state index in [9.17, 15) is 19.1 Å². The normalized spacial score (nSPS) is 22.6. The predicted molar refractivity (Wildman–Crippen MR) is 64.5 cm³/mol. The molecule has 2 atom stereocenters. The van der Waals surface area contributed by atoms with Gasteiger partial charge in [-0.25, -0.2) is 9.18 Å². The third-order valence-corrected chi connectivity index (χ3v) is 3.28. The second-order valence-electron chi connectivity index (χ2n) is 4.33. The van der Waals surface area contributed by atoms with E-state index >= 15 is 0 Å². The Morgan fingerprint density at radius 2 is 2.11 bits per heavy atom. The number of carbonyl (C=O) groups excluding carboxylic acids is 1. The van der Waals surface area contributed by atoms with Crippen LogP contribution in [0.25, 0.3) is 0 Å². The number of hydrogen-bond donors (Lipinski definition) is 2. The molecular formula is C12H11ClFNO4. The fraction of sp³-hybridized carbons (Fsp3) is 0.333. The number of aliphatic hydroxyl groups excluding tert-OH is 1. The molecular weight excluding hydrogens is 277 g/mol. The lowest BCUT2D eigenvalue weighted by Gasteiger charge is -2.21. The van der Waals surface area contributed by atoms with Crippen molar-refractivity contribution >= 4 is 23.5 Å². The van der Waals surface area contributed by atoms with Crippen LogP contribution in [-0.2, 0) is 4.79 Å². The molecule has 0 aliphatic carbocycles. The Morgan fingerprint density at radius 3 is 2.68 bits per heavy atom. The fourth-order valence-electron chi connectivity index (χ4n) is 2.07. The summed E-state index contributed by atoms with van der Waals surface area (Å²) in [4.78, 5) is 24.2. The van der Waals surface area contributed by atoms with E-state index in [1.807, 2.05) is 0 Å². The molecule has 2 rings (SSSR count). The molecule has 2 N–H and O–H groups in total. The maximum Gasteiger partial charge on any atom is 0.326 e. The number of amides is 1. The number of benzene rings is 1. The highest BCUT2D eigenvalue weighted by molar-refractivity contribution is 6.31. The van der Waals surface area contributed by atoms with Crippen molar-refractivity contribution in [2.75, 3.05) is 6.54 Å². The number of carboxylic acid groups (broad SMARTS) is 1. The molecule has 0 aromatic heterocycles. The Morgan fingerprint density at radius 1 is 1.42 bits per heavy atom. The number of carboxylic acids is 1. The van der Waals surface area contributed by atoms with Crippen LogP contribution in [0.15, 0.2) is 18.2 Å². The van der Waals surface area contributed by atoms with E-state index in [4.69, 9.17) is 16.7 Å². The van der Waals surface area contributed by atoms with Crippen LogP contribution in [0.1, 0.15) is 16.8 Å². The largest absolute Gasteiger partial charge is 0.480 e. The minimum Gasteiger partial charge on any atom is -0.480 e. The van der Waals surface area contributed by atoms with Crippen LogP contribution in [0.4, 0.5) is 4.39 Å². The van der Waals surface area contributed by atoms with Gasteiger partial charge in [0.25, 0.3) is 5.91 Å². The lowest BCUT2D eigenvalue weighted by Crippen LogP contribution is -2.40. The topological polar surface area (TPSA) is 77.8 Å². The van der Waals surface area contributed by atoms with Crippen LogP contribution in [0.5, 0.6) is 0 Å². The minimum absolute atomic E-state index is 0.0179.